The van der Waals surface area contributed by atoms with Crippen LogP contribution < -0.4 is 21.3 Å². The molecule has 5 N–H and O–H groups in total. The number of likely N-dealkylation sites (N-methyl/N-ethyl adjacent to an activating group) is 1. The number of benzene rings is 4. The molecule has 13 heteroatoms. The maximum absolute atomic E-state index is 13.8. The van der Waals surface area contributed by atoms with Gasteiger partial charge in [-0.2, -0.15) is 0 Å². The van der Waals surface area contributed by atoms with Crippen molar-refractivity contribution in [2.45, 2.75) is 53.1 Å². The van der Waals surface area contributed by atoms with Crippen molar-refractivity contribution in [3.8, 4) is 0 Å². The van der Waals surface area contributed by atoms with Crippen molar-refractivity contribution in [3.05, 3.63) is 113 Å². The summed E-state index contributed by atoms with van der Waals surface area (Å²) in [5.41, 5.74) is 6.04. The molecule has 9 nitrogen and oxygen atoms in total. The summed E-state index contributed by atoms with van der Waals surface area (Å²) in [5, 5.41) is 23.0. The Labute approximate surface area is 357 Å². The molecule has 1 atom stereocenters. The molecule has 1 fully saturated rings. The molecule has 0 radical (unpaired) electrons. The molecule has 4 aromatic rings. The minimum Gasteiger partial charge on any atom is -0.390 e. The number of halogens is 4. The molecule has 0 aromatic heterocycles. The smallest absolute Gasteiger partial charge is 0.253 e. The Kier molecular flexibility index (Phi) is 18.4. The maximum atomic E-state index is 13.8. The van der Waals surface area contributed by atoms with Crippen LogP contribution in [0.5, 0.6) is 0 Å². The van der Waals surface area contributed by atoms with Gasteiger partial charge in [0.15, 0.2) is 0 Å². The van der Waals surface area contributed by atoms with Gasteiger partial charge in [-0.05, 0) is 182 Å². The number of piperidine rings is 1. The van der Waals surface area contributed by atoms with Crippen molar-refractivity contribution in [2.75, 3.05) is 63.0 Å². The number of carbonyl (C=O) groups excluding carboxylic acids is 2. The van der Waals surface area contributed by atoms with Crippen LogP contribution in [-0.2, 0) is 0 Å². The summed E-state index contributed by atoms with van der Waals surface area (Å²) in [4.78, 5) is 29.9. The van der Waals surface area contributed by atoms with Crippen molar-refractivity contribution in [3.63, 3.8) is 0 Å². The molecule has 1 aliphatic heterocycles. The van der Waals surface area contributed by atoms with E-state index in [0.717, 1.165) is 62.4 Å². The van der Waals surface area contributed by atoms with Crippen LogP contribution in [-0.4, -0.2) is 85.2 Å². The average Bonchev–Trinajstić information content (AvgIpc) is 3.16. The second kappa shape index (κ2) is 22.7. The minimum atomic E-state index is -0.627. The normalized spacial score (nSPS) is 13.4. The quantitative estimate of drug-likeness (QED) is 0.0757. The van der Waals surface area contributed by atoms with Gasteiger partial charge < -0.3 is 36.2 Å². The summed E-state index contributed by atoms with van der Waals surface area (Å²) in [5.74, 6) is -0.940. The highest BCUT2D eigenvalue weighted by atomic mass is 127. The Hall–Kier alpha value is -3.02. The Morgan fingerprint density at radius 3 is 1.87 bits per heavy atom. The molecule has 0 aliphatic carbocycles. The largest absolute Gasteiger partial charge is 0.390 e. The molecule has 0 bridgehead atoms. The van der Waals surface area contributed by atoms with E-state index in [1.54, 1.807) is 24.3 Å². The number of aliphatic hydroxyl groups is 1. The van der Waals surface area contributed by atoms with E-state index in [1.165, 1.54) is 31.4 Å². The summed E-state index contributed by atoms with van der Waals surface area (Å²) in [6.45, 7) is 14.1. The van der Waals surface area contributed by atoms with E-state index < -0.39 is 11.9 Å². The second-order valence-corrected chi connectivity index (χ2v) is 16.5. The lowest BCUT2D eigenvalue weighted by atomic mass is 10.1. The van der Waals surface area contributed by atoms with Crippen LogP contribution in [0.15, 0.2) is 72.8 Å². The van der Waals surface area contributed by atoms with Crippen LogP contribution in [0.2, 0.25) is 5.02 Å². The zero-order chi connectivity index (χ0) is 39.9. The monoisotopic (exact) mass is 996 g/mol. The predicted molar refractivity (Wildman–Crippen MR) is 241 cm³/mol. The molecule has 1 unspecified atom stereocenters. The number of amides is 2. The van der Waals surface area contributed by atoms with E-state index in [9.17, 15) is 19.1 Å². The van der Waals surface area contributed by atoms with Crippen molar-refractivity contribution in [2.24, 2.45) is 0 Å². The first-order valence-electron chi connectivity index (χ1n) is 18.7. The fourth-order valence-corrected chi connectivity index (χ4v) is 7.67. The first kappa shape index (κ1) is 44.7. The Morgan fingerprint density at radius 2 is 1.31 bits per heavy atom. The number of nitrogens with zero attached hydrogens (tertiary/aromatic N) is 2. The van der Waals surface area contributed by atoms with E-state index in [2.05, 4.69) is 88.4 Å². The predicted octanol–water partition coefficient (Wildman–Crippen LogP) is 9.13. The van der Waals surface area contributed by atoms with Crippen LogP contribution in [0, 0.1) is 26.8 Å². The van der Waals surface area contributed by atoms with Gasteiger partial charge in [0.25, 0.3) is 11.8 Å². The fraction of sp³-hybridized carbons (Fsp3) is 0.381. The number of likely N-dealkylation sites (tertiary alicyclic amines) is 1. The highest BCUT2D eigenvalue weighted by molar-refractivity contribution is 14.1. The number of aryl methyl sites for hydroxylation is 2. The van der Waals surface area contributed by atoms with Gasteiger partial charge in [-0.1, -0.05) is 31.9 Å². The van der Waals surface area contributed by atoms with E-state index >= 15 is 0 Å². The van der Waals surface area contributed by atoms with Gasteiger partial charge in [-0.25, -0.2) is 4.39 Å². The number of aliphatic hydroxyl groups excluding tert-OH is 1. The van der Waals surface area contributed by atoms with Crippen molar-refractivity contribution >= 4 is 91.3 Å². The van der Waals surface area contributed by atoms with Gasteiger partial charge in [0, 0.05) is 49.7 Å². The van der Waals surface area contributed by atoms with Gasteiger partial charge in [0.2, 0.25) is 0 Å². The van der Waals surface area contributed by atoms with Crippen LogP contribution >= 0.6 is 56.8 Å². The first-order chi connectivity index (χ1) is 26.4. The number of hydrogen-bond acceptors (Lipinski definition) is 7. The lowest BCUT2D eigenvalue weighted by Crippen LogP contribution is -2.40. The summed E-state index contributed by atoms with van der Waals surface area (Å²) in [6.07, 6.45) is 3.11. The zero-order valence-electron chi connectivity index (χ0n) is 32.0. The number of carbonyl (C=O) groups is 2. The third-order valence-corrected chi connectivity index (χ3v) is 11.0. The Bertz CT molecular complexity index is 1890. The molecule has 1 heterocycles. The Morgan fingerprint density at radius 1 is 0.782 bits per heavy atom. The van der Waals surface area contributed by atoms with Crippen molar-refractivity contribution < 1.29 is 19.1 Å². The molecule has 2 amide bonds. The molecule has 0 saturated carbocycles. The summed E-state index contributed by atoms with van der Waals surface area (Å²) in [6, 6.07) is 21.6. The van der Waals surface area contributed by atoms with Gasteiger partial charge in [0.05, 0.1) is 28.6 Å². The van der Waals surface area contributed by atoms with E-state index in [4.69, 9.17) is 11.6 Å². The molecule has 296 valence electrons. The van der Waals surface area contributed by atoms with Crippen molar-refractivity contribution in [1.29, 1.82) is 0 Å². The molecule has 1 saturated heterocycles. The average molecular weight is 997 g/mol. The summed E-state index contributed by atoms with van der Waals surface area (Å²) < 4.78 is 16.1. The maximum Gasteiger partial charge on any atom is 0.253 e. The third-order valence-electron chi connectivity index (χ3n) is 9.39. The molecule has 55 heavy (non-hydrogen) atoms. The number of nitrogens with one attached hydrogen (secondary N) is 4. The molecule has 1 aliphatic rings. The molecular weight excluding hydrogens is 945 g/mol. The number of anilines is 4. The SMILES string of the molecule is CCN(CC)CC(O)CNC(=O)c1cc(Cl)ccc1Nc1ccc(I)cc1C.Cc1cc(I)ccc1Nc1ccc(F)cc1C(=O)NCCN1CCCCC1. The van der Waals surface area contributed by atoms with Crippen LogP contribution in [0.25, 0.3) is 0 Å². The molecule has 4 aromatic carbocycles. The highest BCUT2D eigenvalue weighted by Gasteiger charge is 2.17. The van der Waals surface area contributed by atoms with Crippen LogP contribution in [0.4, 0.5) is 27.1 Å². The fourth-order valence-electron chi connectivity index (χ4n) is 6.21. The van der Waals surface area contributed by atoms with Crippen molar-refractivity contribution in [1.82, 2.24) is 20.4 Å². The lowest BCUT2D eigenvalue weighted by Gasteiger charge is -2.26. The first-order valence-corrected chi connectivity index (χ1v) is 21.2. The van der Waals surface area contributed by atoms with E-state index in [1.807, 2.05) is 52.0 Å². The second-order valence-electron chi connectivity index (χ2n) is 13.6. The van der Waals surface area contributed by atoms with Gasteiger partial charge in [-0.3, -0.25) is 9.59 Å². The third kappa shape index (κ3) is 14.5. The van der Waals surface area contributed by atoms with Crippen LogP contribution in [0.3, 0.4) is 0 Å². The molecule has 5 rings (SSSR count). The number of hydrogen-bond donors (Lipinski definition) is 5. The zero-order valence-corrected chi connectivity index (χ0v) is 37.0. The van der Waals surface area contributed by atoms with E-state index in [-0.39, 0.29) is 18.4 Å². The number of rotatable bonds is 15. The topological polar surface area (TPSA) is 109 Å². The molecule has 0 spiro atoms. The minimum absolute atomic E-state index is 0.184. The van der Waals surface area contributed by atoms with Crippen LogP contribution in [0.1, 0.15) is 65.0 Å². The summed E-state index contributed by atoms with van der Waals surface area (Å²) in [7, 11) is 0. The Balaban J connectivity index is 0.000000245. The van der Waals surface area contributed by atoms with Gasteiger partial charge >= 0.3 is 0 Å². The van der Waals surface area contributed by atoms with Gasteiger partial charge in [-0.15, -0.1) is 0 Å². The van der Waals surface area contributed by atoms with Gasteiger partial charge in [0.1, 0.15) is 5.82 Å². The summed E-state index contributed by atoms with van der Waals surface area (Å²) >= 11 is 10.7. The molecular formula is C42H52ClFI2N6O3. The lowest BCUT2D eigenvalue weighted by molar-refractivity contribution is 0.0870. The highest BCUT2D eigenvalue weighted by Crippen LogP contribution is 2.28. The van der Waals surface area contributed by atoms with E-state index in [0.29, 0.717) is 40.6 Å². The standard InChI is InChI=1S/C21H27ClIN3O2.C21H25FIN3O/c1-4-26(5-2)13-17(27)12-24-21(28)18-11-15(22)6-8-20(18)25-19-9-7-16(23)10-14(19)3;1-15-13-17(23)6-8-19(15)25-20-7-5-16(22)14-18(20)21(27)24-9-12-26-10-3-2-4-11-26/h6-11,17,25,27H,4-5,12-13H2,1-3H3,(H,24,28);5-8,13-14,25H,2-4,9-12H2,1H3,(H,24,27).